The summed E-state index contributed by atoms with van der Waals surface area (Å²) >= 11 is 0. The quantitative estimate of drug-likeness (QED) is 0.917. The smallest absolute Gasteiger partial charge is 0.125 e. The van der Waals surface area contributed by atoms with Crippen LogP contribution < -0.4 is 10.6 Å². The highest BCUT2D eigenvalue weighted by atomic mass is 19.1. The van der Waals surface area contributed by atoms with Crippen molar-refractivity contribution < 1.29 is 8.78 Å². The summed E-state index contributed by atoms with van der Waals surface area (Å²) in [4.78, 5) is 1.85. The molecule has 0 amide bonds. The highest BCUT2D eigenvalue weighted by molar-refractivity contribution is 5.46. The molecule has 0 aliphatic rings. The summed E-state index contributed by atoms with van der Waals surface area (Å²) in [6, 6.07) is 12.2. The molecule has 0 heterocycles. The van der Waals surface area contributed by atoms with Crippen LogP contribution in [-0.4, -0.2) is 13.6 Å². The molecule has 0 saturated heterocycles. The van der Waals surface area contributed by atoms with Crippen LogP contribution in [0.2, 0.25) is 0 Å². The molecule has 2 rings (SSSR count). The Morgan fingerprint density at radius 1 is 1.05 bits per heavy atom. The van der Waals surface area contributed by atoms with Crippen molar-refractivity contribution in [2.24, 2.45) is 5.73 Å². The third kappa shape index (κ3) is 3.51. The predicted molar refractivity (Wildman–Crippen MR) is 73.0 cm³/mol. The first kappa shape index (κ1) is 13.5. The fourth-order valence-corrected chi connectivity index (χ4v) is 1.96. The van der Waals surface area contributed by atoms with Crippen LogP contribution in [0, 0.1) is 11.6 Å². The van der Waals surface area contributed by atoms with E-state index in [2.05, 4.69) is 0 Å². The van der Waals surface area contributed by atoms with E-state index in [1.165, 1.54) is 24.3 Å². The summed E-state index contributed by atoms with van der Waals surface area (Å²) in [6.45, 7) is 0.479. The number of likely N-dealkylation sites (N-methyl/N-ethyl adjacent to an activating group) is 1. The van der Waals surface area contributed by atoms with Gasteiger partial charge in [0.05, 0.1) is 0 Å². The molecule has 2 N–H and O–H groups in total. The Kier molecular flexibility index (Phi) is 4.12. The maximum Gasteiger partial charge on any atom is 0.125 e. The number of halogens is 2. The third-order valence-electron chi connectivity index (χ3n) is 3.00. The Morgan fingerprint density at radius 3 is 2.32 bits per heavy atom. The number of hydrogen-bond acceptors (Lipinski definition) is 2. The Labute approximate surface area is 111 Å². The van der Waals surface area contributed by atoms with E-state index in [9.17, 15) is 8.78 Å². The van der Waals surface area contributed by atoms with Crippen molar-refractivity contribution in [1.29, 1.82) is 0 Å². The number of anilines is 1. The number of benzene rings is 2. The fraction of sp³-hybridized carbons (Fsp3) is 0.200. The summed E-state index contributed by atoms with van der Waals surface area (Å²) in [7, 11) is 1.83. The molecule has 0 aromatic heterocycles. The van der Waals surface area contributed by atoms with Crippen molar-refractivity contribution >= 4 is 5.69 Å². The second-order valence-electron chi connectivity index (χ2n) is 4.52. The van der Waals surface area contributed by atoms with Gasteiger partial charge in [-0.2, -0.15) is 0 Å². The predicted octanol–water partition coefficient (Wildman–Crippen LogP) is 3.10. The second kappa shape index (κ2) is 5.80. The van der Waals surface area contributed by atoms with Crippen molar-refractivity contribution in [1.82, 2.24) is 0 Å². The number of rotatable bonds is 4. The highest BCUT2D eigenvalue weighted by Crippen LogP contribution is 2.18. The molecule has 19 heavy (non-hydrogen) atoms. The standard InChI is InChI=1S/C15H16F2N2/c1-19(14-7-3-6-13(17)9-14)10-15(18)11-4-2-5-12(16)8-11/h2-9,15H,10,18H2,1H3. The van der Waals surface area contributed by atoms with Gasteiger partial charge in [0.15, 0.2) is 0 Å². The Bertz CT molecular complexity index is 508. The molecule has 0 saturated carbocycles. The largest absolute Gasteiger partial charge is 0.373 e. The molecule has 2 aromatic carbocycles. The van der Waals surface area contributed by atoms with Gasteiger partial charge in [0.2, 0.25) is 0 Å². The molecule has 1 atom stereocenters. The minimum Gasteiger partial charge on any atom is -0.373 e. The van der Waals surface area contributed by atoms with E-state index >= 15 is 0 Å². The molecule has 1 unspecified atom stereocenters. The van der Waals surface area contributed by atoms with Gasteiger partial charge in [0.1, 0.15) is 11.6 Å². The first-order chi connectivity index (χ1) is 9.06. The lowest BCUT2D eigenvalue weighted by Crippen LogP contribution is -2.29. The van der Waals surface area contributed by atoms with Gasteiger partial charge in [0.25, 0.3) is 0 Å². The molecule has 0 fully saturated rings. The lowest BCUT2D eigenvalue weighted by Gasteiger charge is -2.23. The summed E-state index contributed by atoms with van der Waals surface area (Å²) in [6.07, 6.45) is 0. The zero-order valence-corrected chi connectivity index (χ0v) is 10.7. The van der Waals surface area contributed by atoms with Gasteiger partial charge >= 0.3 is 0 Å². The molecule has 0 radical (unpaired) electrons. The summed E-state index contributed by atoms with van der Waals surface area (Å²) < 4.78 is 26.3. The van der Waals surface area contributed by atoms with Crippen molar-refractivity contribution in [3.8, 4) is 0 Å². The van der Waals surface area contributed by atoms with Crippen LogP contribution in [0.1, 0.15) is 11.6 Å². The van der Waals surface area contributed by atoms with Gasteiger partial charge in [-0.15, -0.1) is 0 Å². The van der Waals surface area contributed by atoms with E-state index < -0.39 is 0 Å². The average molecular weight is 262 g/mol. The molecule has 0 aliphatic heterocycles. The molecule has 100 valence electrons. The van der Waals surface area contributed by atoms with E-state index in [0.717, 1.165) is 11.3 Å². The van der Waals surface area contributed by atoms with E-state index in [1.807, 2.05) is 11.9 Å². The number of nitrogens with two attached hydrogens (primary N) is 1. The third-order valence-corrected chi connectivity index (χ3v) is 3.00. The first-order valence-corrected chi connectivity index (χ1v) is 6.04. The maximum atomic E-state index is 13.1. The van der Waals surface area contributed by atoms with Crippen LogP contribution in [0.3, 0.4) is 0 Å². The van der Waals surface area contributed by atoms with Crippen molar-refractivity contribution in [2.75, 3.05) is 18.5 Å². The van der Waals surface area contributed by atoms with E-state index in [4.69, 9.17) is 5.73 Å². The second-order valence-corrected chi connectivity index (χ2v) is 4.52. The molecule has 0 aliphatic carbocycles. The molecular formula is C15H16F2N2. The monoisotopic (exact) mass is 262 g/mol. The lowest BCUT2D eigenvalue weighted by molar-refractivity contribution is 0.617. The summed E-state index contributed by atoms with van der Waals surface area (Å²) in [5, 5.41) is 0. The SMILES string of the molecule is CN(CC(N)c1cccc(F)c1)c1cccc(F)c1. The molecule has 2 nitrogen and oxygen atoms in total. The topological polar surface area (TPSA) is 29.3 Å². The van der Waals surface area contributed by atoms with Gasteiger partial charge in [0, 0.05) is 25.3 Å². The highest BCUT2D eigenvalue weighted by Gasteiger charge is 2.11. The van der Waals surface area contributed by atoms with Crippen molar-refractivity contribution in [3.05, 3.63) is 65.7 Å². The van der Waals surface area contributed by atoms with Gasteiger partial charge in [-0.1, -0.05) is 18.2 Å². The van der Waals surface area contributed by atoms with Crippen molar-refractivity contribution in [2.45, 2.75) is 6.04 Å². The molecule has 0 spiro atoms. The number of nitrogens with zero attached hydrogens (tertiary/aromatic N) is 1. The van der Waals surface area contributed by atoms with E-state index in [1.54, 1.807) is 24.3 Å². The first-order valence-electron chi connectivity index (χ1n) is 6.04. The van der Waals surface area contributed by atoms with Gasteiger partial charge < -0.3 is 10.6 Å². The summed E-state index contributed by atoms with van der Waals surface area (Å²) in [5.74, 6) is -0.593. The Balaban J connectivity index is 2.08. The van der Waals surface area contributed by atoms with Crippen LogP contribution in [0.5, 0.6) is 0 Å². The summed E-state index contributed by atoms with van der Waals surface area (Å²) in [5.41, 5.74) is 7.51. The zero-order valence-electron chi connectivity index (χ0n) is 10.7. The maximum absolute atomic E-state index is 13.1. The molecule has 4 heteroatoms. The van der Waals surface area contributed by atoms with Gasteiger partial charge in [-0.25, -0.2) is 8.78 Å². The van der Waals surface area contributed by atoms with Gasteiger partial charge in [-0.3, -0.25) is 0 Å². The molecular weight excluding hydrogens is 246 g/mol. The van der Waals surface area contributed by atoms with E-state index in [0.29, 0.717) is 6.54 Å². The minimum absolute atomic E-state index is 0.288. The number of hydrogen-bond donors (Lipinski definition) is 1. The minimum atomic E-state index is -0.330. The van der Waals surface area contributed by atoms with Gasteiger partial charge in [-0.05, 0) is 35.9 Å². The fourth-order valence-electron chi connectivity index (χ4n) is 1.96. The lowest BCUT2D eigenvalue weighted by atomic mass is 10.1. The Morgan fingerprint density at radius 2 is 1.68 bits per heavy atom. The van der Waals surface area contributed by atoms with Crippen LogP contribution >= 0.6 is 0 Å². The average Bonchev–Trinajstić information content (AvgIpc) is 2.38. The molecule has 0 bridgehead atoms. The van der Waals surface area contributed by atoms with Crippen LogP contribution in [-0.2, 0) is 0 Å². The Hall–Kier alpha value is -1.94. The van der Waals surface area contributed by atoms with Crippen LogP contribution in [0.25, 0.3) is 0 Å². The van der Waals surface area contributed by atoms with Crippen molar-refractivity contribution in [3.63, 3.8) is 0 Å². The zero-order chi connectivity index (χ0) is 13.8. The van der Waals surface area contributed by atoms with Crippen LogP contribution in [0.4, 0.5) is 14.5 Å². The molecule has 2 aromatic rings. The van der Waals surface area contributed by atoms with Crippen LogP contribution in [0.15, 0.2) is 48.5 Å². The van der Waals surface area contributed by atoms with E-state index in [-0.39, 0.29) is 17.7 Å². The normalized spacial score (nSPS) is 12.2.